The minimum absolute atomic E-state index is 0.599. The zero-order chi connectivity index (χ0) is 11.4. The van der Waals surface area contributed by atoms with Crippen molar-refractivity contribution in [2.75, 3.05) is 7.11 Å². The molecule has 0 aromatic rings. The van der Waals surface area contributed by atoms with Crippen molar-refractivity contribution < 1.29 is 4.74 Å². The van der Waals surface area contributed by atoms with Gasteiger partial charge in [-0.1, -0.05) is 45.4 Å². The van der Waals surface area contributed by atoms with E-state index in [-0.39, 0.29) is 0 Å². The molecule has 2 aliphatic carbocycles. The molecule has 2 rings (SSSR count). The van der Waals surface area contributed by atoms with Gasteiger partial charge in [0.05, 0.1) is 6.10 Å². The molecule has 3 atom stereocenters. The molecule has 94 valence electrons. The molecule has 0 heterocycles. The Bertz CT molecular complexity index is 196. The molecule has 2 saturated carbocycles. The molecule has 0 radical (unpaired) electrons. The molecule has 0 spiro atoms. The highest BCUT2D eigenvalue weighted by Crippen LogP contribution is 2.49. The molecule has 2 aliphatic rings. The van der Waals surface area contributed by atoms with Gasteiger partial charge >= 0.3 is 0 Å². The Balaban J connectivity index is 1.77. The first kappa shape index (κ1) is 12.4. The maximum atomic E-state index is 5.82. The van der Waals surface area contributed by atoms with Gasteiger partial charge < -0.3 is 4.74 Å². The van der Waals surface area contributed by atoms with E-state index >= 15 is 0 Å². The Morgan fingerprint density at radius 3 is 2.56 bits per heavy atom. The van der Waals surface area contributed by atoms with Crippen LogP contribution in [0.1, 0.15) is 64.7 Å². The largest absolute Gasteiger partial charge is 0.381 e. The van der Waals surface area contributed by atoms with Crippen LogP contribution in [0.2, 0.25) is 0 Å². The van der Waals surface area contributed by atoms with E-state index in [4.69, 9.17) is 4.74 Å². The molecule has 0 amide bonds. The van der Waals surface area contributed by atoms with E-state index in [0.29, 0.717) is 6.10 Å². The van der Waals surface area contributed by atoms with Gasteiger partial charge in [-0.05, 0) is 37.0 Å². The number of unbranched alkanes of at least 4 members (excludes halogenated alkanes) is 1. The Labute approximate surface area is 101 Å². The van der Waals surface area contributed by atoms with Gasteiger partial charge in [-0.2, -0.15) is 0 Å². The van der Waals surface area contributed by atoms with Gasteiger partial charge in [-0.15, -0.1) is 0 Å². The fourth-order valence-corrected chi connectivity index (χ4v) is 3.65. The zero-order valence-corrected chi connectivity index (χ0v) is 11.1. The number of hydrogen-bond donors (Lipinski definition) is 0. The van der Waals surface area contributed by atoms with Crippen LogP contribution >= 0.6 is 0 Å². The summed E-state index contributed by atoms with van der Waals surface area (Å²) >= 11 is 0. The van der Waals surface area contributed by atoms with Crippen LogP contribution in [0.25, 0.3) is 0 Å². The predicted molar refractivity (Wildman–Crippen MR) is 68.5 cm³/mol. The van der Waals surface area contributed by atoms with Crippen LogP contribution in [0.4, 0.5) is 0 Å². The normalized spacial score (nSPS) is 32.6. The minimum atomic E-state index is 0.599. The molecular weight excluding hydrogens is 196 g/mol. The number of rotatable bonds is 6. The molecule has 0 aromatic heterocycles. The Morgan fingerprint density at radius 1 is 1.19 bits per heavy atom. The van der Waals surface area contributed by atoms with Crippen molar-refractivity contribution in [1.29, 1.82) is 0 Å². The lowest BCUT2D eigenvalue weighted by molar-refractivity contribution is 0.0162. The Morgan fingerprint density at radius 2 is 1.94 bits per heavy atom. The van der Waals surface area contributed by atoms with Crippen LogP contribution in [-0.2, 0) is 4.74 Å². The zero-order valence-electron chi connectivity index (χ0n) is 11.1. The fraction of sp³-hybridized carbons (Fsp3) is 1.00. The summed E-state index contributed by atoms with van der Waals surface area (Å²) in [4.78, 5) is 0. The van der Waals surface area contributed by atoms with E-state index in [1.54, 1.807) is 0 Å². The standard InChI is InChI=1S/C15H28O/c1-3-4-8-13-11-14(13)15(16-2)12-9-6-5-7-10-12/h12-15H,3-11H2,1-2H3/t13-,14+,15+/m0/s1. The van der Waals surface area contributed by atoms with Crippen molar-refractivity contribution in [3.05, 3.63) is 0 Å². The monoisotopic (exact) mass is 224 g/mol. The average Bonchev–Trinajstić information content (AvgIpc) is 3.08. The summed E-state index contributed by atoms with van der Waals surface area (Å²) in [5, 5.41) is 0. The number of hydrogen-bond acceptors (Lipinski definition) is 1. The first-order valence-electron chi connectivity index (χ1n) is 7.39. The molecule has 2 fully saturated rings. The summed E-state index contributed by atoms with van der Waals surface area (Å²) in [5.41, 5.74) is 0. The fourth-order valence-electron chi connectivity index (χ4n) is 3.65. The first-order chi connectivity index (χ1) is 7.86. The molecule has 0 aliphatic heterocycles. The predicted octanol–water partition coefficient (Wildman–Crippen LogP) is 4.41. The number of ether oxygens (including phenoxy) is 1. The highest BCUT2D eigenvalue weighted by atomic mass is 16.5. The molecule has 0 aromatic carbocycles. The molecule has 16 heavy (non-hydrogen) atoms. The molecule has 1 heteroatoms. The van der Waals surface area contributed by atoms with Crippen molar-refractivity contribution in [3.8, 4) is 0 Å². The van der Waals surface area contributed by atoms with Crippen molar-refractivity contribution in [1.82, 2.24) is 0 Å². The highest BCUT2D eigenvalue weighted by Gasteiger charge is 2.45. The van der Waals surface area contributed by atoms with Crippen LogP contribution in [0, 0.1) is 17.8 Å². The molecular formula is C15H28O. The summed E-state index contributed by atoms with van der Waals surface area (Å²) in [6.07, 6.45) is 13.5. The quantitative estimate of drug-likeness (QED) is 0.649. The second-order valence-electron chi connectivity index (χ2n) is 5.90. The van der Waals surface area contributed by atoms with Gasteiger partial charge in [0.2, 0.25) is 0 Å². The van der Waals surface area contributed by atoms with E-state index in [9.17, 15) is 0 Å². The van der Waals surface area contributed by atoms with E-state index in [2.05, 4.69) is 6.92 Å². The van der Waals surface area contributed by atoms with Crippen LogP contribution < -0.4 is 0 Å². The maximum Gasteiger partial charge on any atom is 0.0630 e. The van der Waals surface area contributed by atoms with Crippen LogP contribution in [-0.4, -0.2) is 13.2 Å². The van der Waals surface area contributed by atoms with E-state index in [1.165, 1.54) is 57.8 Å². The topological polar surface area (TPSA) is 9.23 Å². The summed E-state index contributed by atoms with van der Waals surface area (Å²) in [7, 11) is 1.94. The Hall–Kier alpha value is -0.0400. The third kappa shape index (κ3) is 3.00. The second-order valence-corrected chi connectivity index (χ2v) is 5.90. The van der Waals surface area contributed by atoms with E-state index in [0.717, 1.165) is 17.8 Å². The van der Waals surface area contributed by atoms with Gasteiger partial charge in [-0.25, -0.2) is 0 Å². The average molecular weight is 224 g/mol. The summed E-state index contributed by atoms with van der Waals surface area (Å²) in [6, 6.07) is 0. The lowest BCUT2D eigenvalue weighted by Gasteiger charge is -2.29. The summed E-state index contributed by atoms with van der Waals surface area (Å²) in [5.74, 6) is 2.81. The van der Waals surface area contributed by atoms with Gasteiger partial charge in [0.25, 0.3) is 0 Å². The van der Waals surface area contributed by atoms with Gasteiger partial charge in [0, 0.05) is 7.11 Å². The summed E-state index contributed by atoms with van der Waals surface area (Å²) in [6.45, 7) is 2.30. The van der Waals surface area contributed by atoms with Gasteiger partial charge in [0.15, 0.2) is 0 Å². The van der Waals surface area contributed by atoms with E-state index in [1.807, 2.05) is 7.11 Å². The second kappa shape index (κ2) is 6.05. The van der Waals surface area contributed by atoms with Crippen molar-refractivity contribution in [2.45, 2.75) is 70.8 Å². The van der Waals surface area contributed by atoms with Crippen molar-refractivity contribution in [3.63, 3.8) is 0 Å². The van der Waals surface area contributed by atoms with E-state index < -0.39 is 0 Å². The number of methoxy groups -OCH3 is 1. The van der Waals surface area contributed by atoms with Crippen LogP contribution in [0.3, 0.4) is 0 Å². The molecule has 0 N–H and O–H groups in total. The third-order valence-corrected chi connectivity index (χ3v) is 4.71. The smallest absolute Gasteiger partial charge is 0.0630 e. The van der Waals surface area contributed by atoms with Crippen molar-refractivity contribution in [2.24, 2.45) is 17.8 Å². The van der Waals surface area contributed by atoms with Crippen LogP contribution in [0.5, 0.6) is 0 Å². The molecule has 1 nitrogen and oxygen atoms in total. The van der Waals surface area contributed by atoms with Crippen LogP contribution in [0.15, 0.2) is 0 Å². The summed E-state index contributed by atoms with van der Waals surface area (Å²) < 4.78 is 5.82. The lowest BCUT2D eigenvalue weighted by atomic mass is 9.83. The maximum absolute atomic E-state index is 5.82. The first-order valence-corrected chi connectivity index (χ1v) is 7.39. The van der Waals surface area contributed by atoms with Gasteiger partial charge in [-0.3, -0.25) is 0 Å². The van der Waals surface area contributed by atoms with Crippen molar-refractivity contribution >= 4 is 0 Å². The lowest BCUT2D eigenvalue weighted by Crippen LogP contribution is -2.27. The van der Waals surface area contributed by atoms with Gasteiger partial charge in [0.1, 0.15) is 0 Å². The molecule has 0 unspecified atom stereocenters. The third-order valence-electron chi connectivity index (χ3n) is 4.71. The highest BCUT2D eigenvalue weighted by molar-refractivity contribution is 4.95. The molecule has 0 bridgehead atoms. The SMILES string of the molecule is CCCC[C@H]1C[C@H]1[C@H](OC)C1CCCCC1. The Kier molecular flexibility index (Phi) is 4.69. The minimum Gasteiger partial charge on any atom is -0.381 e. The molecule has 0 saturated heterocycles.